The van der Waals surface area contributed by atoms with E-state index < -0.39 is 0 Å². The molecule has 0 nitrogen and oxygen atoms in total. The SMILES string of the molecule is CCC(C)C1=Cc2c(ccc(C(C)(C)C)c2-c2cc(C(C)(C)C)cc(C(C)(C)C)c2)C1. The van der Waals surface area contributed by atoms with Crippen molar-refractivity contribution in [3.05, 3.63) is 63.7 Å². The Morgan fingerprint density at radius 2 is 1.32 bits per heavy atom. The molecule has 0 N–H and O–H groups in total. The number of rotatable bonds is 3. The van der Waals surface area contributed by atoms with E-state index in [4.69, 9.17) is 0 Å². The van der Waals surface area contributed by atoms with Crippen LogP contribution >= 0.6 is 0 Å². The van der Waals surface area contributed by atoms with Gasteiger partial charge in [-0.2, -0.15) is 0 Å². The number of hydrogen-bond acceptors (Lipinski definition) is 0. The van der Waals surface area contributed by atoms with Crippen molar-refractivity contribution in [1.82, 2.24) is 0 Å². The van der Waals surface area contributed by atoms with Crippen molar-refractivity contribution in [3.63, 3.8) is 0 Å². The summed E-state index contributed by atoms with van der Waals surface area (Å²) in [6.07, 6.45) is 4.83. The van der Waals surface area contributed by atoms with Crippen LogP contribution in [0, 0.1) is 5.92 Å². The Bertz CT molecular complexity index is 962. The van der Waals surface area contributed by atoms with Crippen LogP contribution in [0.25, 0.3) is 17.2 Å². The maximum absolute atomic E-state index is 2.52. The van der Waals surface area contributed by atoms with Gasteiger partial charge in [0.2, 0.25) is 0 Å². The van der Waals surface area contributed by atoms with E-state index in [1.54, 1.807) is 5.57 Å². The highest BCUT2D eigenvalue weighted by atomic mass is 14.3. The van der Waals surface area contributed by atoms with Gasteiger partial charge in [-0.1, -0.05) is 118 Å². The van der Waals surface area contributed by atoms with Gasteiger partial charge in [0.15, 0.2) is 0 Å². The highest BCUT2D eigenvalue weighted by molar-refractivity contribution is 5.84. The van der Waals surface area contributed by atoms with E-state index in [1.807, 2.05) is 0 Å². The van der Waals surface area contributed by atoms with Crippen molar-refractivity contribution in [2.24, 2.45) is 5.92 Å². The van der Waals surface area contributed by atoms with Gasteiger partial charge in [-0.3, -0.25) is 0 Å². The van der Waals surface area contributed by atoms with Crippen molar-refractivity contribution < 1.29 is 0 Å². The molecule has 0 heteroatoms. The minimum Gasteiger partial charge on any atom is -0.0648 e. The molecular formula is C31H44. The van der Waals surface area contributed by atoms with Crippen LogP contribution in [-0.4, -0.2) is 0 Å². The third kappa shape index (κ3) is 4.84. The second-order valence-corrected chi connectivity index (χ2v) is 12.8. The van der Waals surface area contributed by atoms with Gasteiger partial charge in [-0.15, -0.1) is 0 Å². The lowest BCUT2D eigenvalue weighted by atomic mass is 9.75. The van der Waals surface area contributed by atoms with E-state index in [0.29, 0.717) is 5.92 Å². The summed E-state index contributed by atoms with van der Waals surface area (Å²) in [6.45, 7) is 25.7. The molecule has 0 bridgehead atoms. The smallest absolute Gasteiger partial charge is 0.00549 e. The molecule has 0 heterocycles. The third-order valence-corrected chi connectivity index (χ3v) is 7.07. The topological polar surface area (TPSA) is 0 Å². The van der Waals surface area contributed by atoms with Gasteiger partial charge in [0.05, 0.1) is 0 Å². The molecule has 1 unspecified atom stereocenters. The van der Waals surface area contributed by atoms with E-state index in [2.05, 4.69) is 113 Å². The highest BCUT2D eigenvalue weighted by Crippen LogP contribution is 2.44. The minimum atomic E-state index is 0.0942. The summed E-state index contributed by atoms with van der Waals surface area (Å²) >= 11 is 0. The maximum atomic E-state index is 2.52. The largest absolute Gasteiger partial charge is 0.0648 e. The Kier molecular flexibility index (Phi) is 6.11. The molecular weight excluding hydrogens is 372 g/mol. The first-order valence-corrected chi connectivity index (χ1v) is 12.2. The lowest BCUT2D eigenvalue weighted by Gasteiger charge is -2.29. The molecule has 1 aliphatic rings. The molecule has 0 aliphatic heterocycles. The van der Waals surface area contributed by atoms with Gasteiger partial charge in [-0.25, -0.2) is 0 Å². The average Bonchev–Trinajstić information content (AvgIpc) is 3.08. The van der Waals surface area contributed by atoms with Gasteiger partial charge in [-0.05, 0) is 73.9 Å². The highest BCUT2D eigenvalue weighted by Gasteiger charge is 2.28. The summed E-state index contributed by atoms with van der Waals surface area (Å²) in [6, 6.07) is 12.2. The van der Waals surface area contributed by atoms with Crippen LogP contribution in [0.5, 0.6) is 0 Å². The van der Waals surface area contributed by atoms with Gasteiger partial charge >= 0.3 is 0 Å². The summed E-state index contributed by atoms with van der Waals surface area (Å²) in [7, 11) is 0. The summed E-state index contributed by atoms with van der Waals surface area (Å²) in [5, 5.41) is 0. The Hall–Kier alpha value is -1.82. The number of hydrogen-bond donors (Lipinski definition) is 0. The Labute approximate surface area is 192 Å². The van der Waals surface area contributed by atoms with Crippen molar-refractivity contribution in [3.8, 4) is 11.1 Å². The fourth-order valence-corrected chi connectivity index (χ4v) is 4.59. The maximum Gasteiger partial charge on any atom is -0.00549 e. The molecule has 1 atom stereocenters. The van der Waals surface area contributed by atoms with Gasteiger partial charge in [0, 0.05) is 0 Å². The molecule has 0 aromatic heterocycles. The van der Waals surface area contributed by atoms with E-state index in [0.717, 1.165) is 6.42 Å². The van der Waals surface area contributed by atoms with Crippen LogP contribution in [0.2, 0.25) is 0 Å². The Morgan fingerprint density at radius 1 is 0.774 bits per heavy atom. The molecule has 0 radical (unpaired) electrons. The molecule has 0 saturated heterocycles. The van der Waals surface area contributed by atoms with Crippen LogP contribution in [0.3, 0.4) is 0 Å². The van der Waals surface area contributed by atoms with Crippen molar-refractivity contribution >= 4 is 6.08 Å². The van der Waals surface area contributed by atoms with E-state index in [1.165, 1.54) is 45.4 Å². The predicted octanol–water partition coefficient (Wildman–Crippen LogP) is 9.23. The fraction of sp³-hybridized carbons (Fsp3) is 0.548. The molecule has 31 heavy (non-hydrogen) atoms. The van der Waals surface area contributed by atoms with Crippen LogP contribution in [0.15, 0.2) is 35.9 Å². The molecule has 2 aromatic carbocycles. The molecule has 3 rings (SSSR count). The lowest BCUT2D eigenvalue weighted by molar-refractivity contribution is 0.568. The molecule has 2 aromatic rings. The van der Waals surface area contributed by atoms with Crippen LogP contribution < -0.4 is 0 Å². The Morgan fingerprint density at radius 3 is 1.77 bits per heavy atom. The Balaban J connectivity index is 2.37. The van der Waals surface area contributed by atoms with E-state index >= 15 is 0 Å². The van der Waals surface area contributed by atoms with Gasteiger partial charge < -0.3 is 0 Å². The zero-order valence-electron chi connectivity index (χ0n) is 22.0. The number of allylic oxidation sites excluding steroid dienone is 1. The first-order chi connectivity index (χ1) is 14.1. The van der Waals surface area contributed by atoms with Gasteiger partial charge in [0.1, 0.15) is 0 Å². The molecule has 0 fully saturated rings. The molecule has 0 spiro atoms. The normalized spacial score (nSPS) is 15.6. The summed E-state index contributed by atoms with van der Waals surface area (Å²) in [4.78, 5) is 0. The van der Waals surface area contributed by atoms with Crippen LogP contribution in [0.1, 0.15) is 110 Å². The number of benzene rings is 2. The summed E-state index contributed by atoms with van der Waals surface area (Å²) in [5.41, 5.74) is 12.0. The lowest BCUT2D eigenvalue weighted by Crippen LogP contribution is -2.18. The number of fused-ring (bicyclic) bond motifs is 1. The molecule has 1 aliphatic carbocycles. The monoisotopic (exact) mass is 416 g/mol. The average molecular weight is 417 g/mol. The van der Waals surface area contributed by atoms with Crippen LogP contribution in [-0.2, 0) is 22.7 Å². The molecule has 0 amide bonds. The molecule has 168 valence electrons. The van der Waals surface area contributed by atoms with Gasteiger partial charge in [0.25, 0.3) is 0 Å². The zero-order valence-corrected chi connectivity index (χ0v) is 22.0. The van der Waals surface area contributed by atoms with Crippen molar-refractivity contribution in [2.45, 2.75) is 105 Å². The van der Waals surface area contributed by atoms with Crippen molar-refractivity contribution in [1.29, 1.82) is 0 Å². The minimum absolute atomic E-state index is 0.0942. The first-order valence-electron chi connectivity index (χ1n) is 12.2. The quantitative estimate of drug-likeness (QED) is 0.467. The summed E-state index contributed by atoms with van der Waals surface area (Å²) < 4.78 is 0. The second kappa shape index (κ2) is 7.95. The van der Waals surface area contributed by atoms with Crippen LogP contribution in [0.4, 0.5) is 0 Å². The third-order valence-electron chi connectivity index (χ3n) is 7.07. The standard InChI is InChI=1S/C31H44/c1-12-20(2)22-15-21-13-14-27(31(9,10)11)28(26(21)18-22)23-16-24(29(3,4)5)19-25(17-23)30(6,7)8/h13-14,16-20H,12,15H2,1-11H3. The second-order valence-electron chi connectivity index (χ2n) is 12.8. The van der Waals surface area contributed by atoms with Crippen molar-refractivity contribution in [2.75, 3.05) is 0 Å². The fourth-order valence-electron chi connectivity index (χ4n) is 4.59. The summed E-state index contributed by atoms with van der Waals surface area (Å²) in [5.74, 6) is 0.643. The molecule has 0 saturated carbocycles. The predicted molar refractivity (Wildman–Crippen MR) is 139 cm³/mol. The van der Waals surface area contributed by atoms with E-state index in [-0.39, 0.29) is 16.2 Å². The first kappa shape index (κ1) is 23.8. The van der Waals surface area contributed by atoms with E-state index in [9.17, 15) is 0 Å². The zero-order chi connectivity index (χ0) is 23.4.